The Morgan fingerprint density at radius 2 is 2.07 bits per heavy atom. The molecule has 3 heteroatoms. The molecule has 0 radical (unpaired) electrons. The van der Waals surface area contributed by atoms with E-state index in [0.29, 0.717) is 0 Å². The van der Waals surface area contributed by atoms with Crippen molar-refractivity contribution in [3.05, 3.63) is 23.8 Å². The summed E-state index contributed by atoms with van der Waals surface area (Å²) in [6.45, 7) is 6.37. The SMILES string of the molecule is Cc1nccc(C(N)CCCC(C)C)n1. The van der Waals surface area contributed by atoms with Crippen LogP contribution in [0.2, 0.25) is 0 Å². The molecule has 0 saturated carbocycles. The van der Waals surface area contributed by atoms with Crippen molar-refractivity contribution >= 4 is 0 Å². The third-order valence-electron chi connectivity index (χ3n) is 2.47. The van der Waals surface area contributed by atoms with Gasteiger partial charge < -0.3 is 5.73 Å². The molecule has 84 valence electrons. The normalized spacial score (nSPS) is 13.1. The van der Waals surface area contributed by atoms with E-state index in [1.807, 2.05) is 13.0 Å². The van der Waals surface area contributed by atoms with E-state index in [4.69, 9.17) is 5.73 Å². The van der Waals surface area contributed by atoms with Crippen LogP contribution in [0.4, 0.5) is 0 Å². The largest absolute Gasteiger partial charge is 0.323 e. The molecule has 3 nitrogen and oxygen atoms in total. The van der Waals surface area contributed by atoms with Gasteiger partial charge in [0, 0.05) is 12.2 Å². The zero-order chi connectivity index (χ0) is 11.3. The Bertz CT molecular complexity index is 297. The molecule has 1 atom stereocenters. The maximum atomic E-state index is 6.06. The Kier molecular flexibility index (Phi) is 4.69. The van der Waals surface area contributed by atoms with Crippen LogP contribution in [-0.2, 0) is 0 Å². The third-order valence-corrected chi connectivity index (χ3v) is 2.47. The first-order valence-corrected chi connectivity index (χ1v) is 5.64. The van der Waals surface area contributed by atoms with Gasteiger partial charge in [0.1, 0.15) is 5.82 Å². The molecular weight excluding hydrogens is 186 g/mol. The van der Waals surface area contributed by atoms with Crippen LogP contribution in [0.15, 0.2) is 12.3 Å². The Hall–Kier alpha value is -0.960. The van der Waals surface area contributed by atoms with Crippen molar-refractivity contribution in [1.82, 2.24) is 9.97 Å². The van der Waals surface area contributed by atoms with Gasteiger partial charge in [0.25, 0.3) is 0 Å². The van der Waals surface area contributed by atoms with Crippen LogP contribution in [0.25, 0.3) is 0 Å². The van der Waals surface area contributed by atoms with Crippen molar-refractivity contribution in [3.8, 4) is 0 Å². The predicted molar refractivity (Wildman–Crippen MR) is 62.4 cm³/mol. The fraction of sp³-hybridized carbons (Fsp3) is 0.667. The minimum Gasteiger partial charge on any atom is -0.323 e. The molecule has 0 spiro atoms. The van der Waals surface area contributed by atoms with Crippen molar-refractivity contribution in [2.24, 2.45) is 11.7 Å². The van der Waals surface area contributed by atoms with Crippen molar-refractivity contribution in [2.75, 3.05) is 0 Å². The number of nitrogens with zero attached hydrogens (tertiary/aromatic N) is 2. The zero-order valence-corrected chi connectivity index (χ0v) is 9.90. The van der Waals surface area contributed by atoms with Crippen LogP contribution in [0.3, 0.4) is 0 Å². The van der Waals surface area contributed by atoms with Crippen molar-refractivity contribution in [2.45, 2.75) is 46.1 Å². The lowest BCUT2D eigenvalue weighted by atomic mass is 10.0. The topological polar surface area (TPSA) is 51.8 Å². The molecule has 1 heterocycles. The van der Waals surface area contributed by atoms with E-state index in [1.54, 1.807) is 6.20 Å². The number of aromatic nitrogens is 2. The van der Waals surface area contributed by atoms with Gasteiger partial charge in [-0.25, -0.2) is 9.97 Å². The summed E-state index contributed by atoms with van der Waals surface area (Å²) < 4.78 is 0. The van der Waals surface area contributed by atoms with Crippen molar-refractivity contribution in [3.63, 3.8) is 0 Å². The Morgan fingerprint density at radius 1 is 1.33 bits per heavy atom. The molecular formula is C12H21N3. The second kappa shape index (κ2) is 5.81. The van der Waals surface area contributed by atoms with E-state index < -0.39 is 0 Å². The third kappa shape index (κ3) is 4.38. The highest BCUT2D eigenvalue weighted by molar-refractivity contribution is 5.06. The lowest BCUT2D eigenvalue weighted by molar-refractivity contribution is 0.500. The summed E-state index contributed by atoms with van der Waals surface area (Å²) in [7, 11) is 0. The van der Waals surface area contributed by atoms with Crippen LogP contribution in [-0.4, -0.2) is 9.97 Å². The smallest absolute Gasteiger partial charge is 0.125 e. The number of aryl methyl sites for hydroxylation is 1. The highest BCUT2D eigenvalue weighted by atomic mass is 14.9. The standard InChI is InChI=1S/C12H21N3/c1-9(2)5-4-6-11(13)12-7-8-14-10(3)15-12/h7-9,11H,4-6,13H2,1-3H3. The monoisotopic (exact) mass is 207 g/mol. The van der Waals surface area contributed by atoms with Gasteiger partial charge in [-0.15, -0.1) is 0 Å². The van der Waals surface area contributed by atoms with Gasteiger partial charge in [-0.2, -0.15) is 0 Å². The van der Waals surface area contributed by atoms with E-state index >= 15 is 0 Å². The number of rotatable bonds is 5. The summed E-state index contributed by atoms with van der Waals surface area (Å²) in [6.07, 6.45) is 5.19. The van der Waals surface area contributed by atoms with Crippen molar-refractivity contribution in [1.29, 1.82) is 0 Å². The molecule has 1 rings (SSSR count). The quantitative estimate of drug-likeness (QED) is 0.807. The van der Waals surface area contributed by atoms with Crippen LogP contribution >= 0.6 is 0 Å². The van der Waals surface area contributed by atoms with Gasteiger partial charge in [0.05, 0.1) is 5.69 Å². The Balaban J connectivity index is 2.43. The summed E-state index contributed by atoms with van der Waals surface area (Å²) in [5.41, 5.74) is 7.02. The molecule has 15 heavy (non-hydrogen) atoms. The minimum atomic E-state index is 0.0606. The molecule has 0 amide bonds. The molecule has 1 unspecified atom stereocenters. The van der Waals surface area contributed by atoms with Gasteiger partial charge >= 0.3 is 0 Å². The first-order chi connectivity index (χ1) is 7.09. The lowest BCUT2D eigenvalue weighted by Crippen LogP contribution is -2.13. The molecule has 1 aromatic rings. The summed E-state index contributed by atoms with van der Waals surface area (Å²) in [5.74, 6) is 1.55. The summed E-state index contributed by atoms with van der Waals surface area (Å²) in [5, 5.41) is 0. The molecule has 1 aromatic heterocycles. The van der Waals surface area contributed by atoms with E-state index in [0.717, 1.165) is 23.9 Å². The molecule has 0 aliphatic carbocycles. The summed E-state index contributed by atoms with van der Waals surface area (Å²) in [6, 6.07) is 1.97. The highest BCUT2D eigenvalue weighted by Gasteiger charge is 2.07. The first-order valence-electron chi connectivity index (χ1n) is 5.64. The maximum Gasteiger partial charge on any atom is 0.125 e. The second-order valence-electron chi connectivity index (χ2n) is 4.46. The van der Waals surface area contributed by atoms with Gasteiger partial charge in [0.15, 0.2) is 0 Å². The van der Waals surface area contributed by atoms with Crippen LogP contribution in [0, 0.1) is 12.8 Å². The fourth-order valence-electron chi connectivity index (χ4n) is 1.57. The van der Waals surface area contributed by atoms with Gasteiger partial charge in [-0.3, -0.25) is 0 Å². The number of nitrogens with two attached hydrogens (primary N) is 1. The van der Waals surface area contributed by atoms with Gasteiger partial charge in [-0.1, -0.05) is 26.7 Å². The van der Waals surface area contributed by atoms with Crippen molar-refractivity contribution < 1.29 is 0 Å². The molecule has 0 aliphatic heterocycles. The molecule has 0 aromatic carbocycles. The fourth-order valence-corrected chi connectivity index (χ4v) is 1.57. The highest BCUT2D eigenvalue weighted by Crippen LogP contribution is 2.16. The summed E-state index contributed by atoms with van der Waals surface area (Å²) >= 11 is 0. The average Bonchev–Trinajstić information content (AvgIpc) is 2.17. The summed E-state index contributed by atoms with van der Waals surface area (Å²) in [4.78, 5) is 8.40. The van der Waals surface area contributed by atoms with E-state index in [2.05, 4.69) is 23.8 Å². The Labute approximate surface area is 92.1 Å². The second-order valence-corrected chi connectivity index (χ2v) is 4.46. The van der Waals surface area contributed by atoms with Crippen LogP contribution in [0.1, 0.15) is 50.7 Å². The molecule has 0 bridgehead atoms. The van der Waals surface area contributed by atoms with E-state index in [-0.39, 0.29) is 6.04 Å². The first kappa shape index (κ1) is 12.1. The molecule has 2 N–H and O–H groups in total. The predicted octanol–water partition coefficient (Wildman–Crippen LogP) is 2.61. The zero-order valence-electron chi connectivity index (χ0n) is 9.90. The molecule has 0 aliphatic rings. The molecule has 0 saturated heterocycles. The van der Waals surface area contributed by atoms with Gasteiger partial charge in [0.2, 0.25) is 0 Å². The molecule has 0 fully saturated rings. The number of hydrogen-bond donors (Lipinski definition) is 1. The maximum absolute atomic E-state index is 6.06. The van der Waals surface area contributed by atoms with Gasteiger partial charge in [-0.05, 0) is 25.3 Å². The van der Waals surface area contributed by atoms with E-state index in [1.165, 1.54) is 12.8 Å². The van der Waals surface area contributed by atoms with Crippen LogP contribution < -0.4 is 5.73 Å². The minimum absolute atomic E-state index is 0.0606. The average molecular weight is 207 g/mol. The lowest BCUT2D eigenvalue weighted by Gasteiger charge is -2.11. The van der Waals surface area contributed by atoms with E-state index in [9.17, 15) is 0 Å². The Morgan fingerprint density at radius 3 is 2.67 bits per heavy atom. The van der Waals surface area contributed by atoms with Crippen LogP contribution in [0.5, 0.6) is 0 Å². The number of hydrogen-bond acceptors (Lipinski definition) is 3.